The Balaban J connectivity index is 0.00000220. The van der Waals surface area contributed by atoms with Crippen LogP contribution in [0.15, 0.2) is 29.3 Å². The number of nitrogens with one attached hydrogen (secondary N) is 1. The summed E-state index contributed by atoms with van der Waals surface area (Å²) in [4.78, 5) is 4.41. The molecule has 1 saturated heterocycles. The zero-order chi connectivity index (χ0) is 14.4. The number of guanidine groups is 1. The van der Waals surface area contributed by atoms with Gasteiger partial charge in [0.2, 0.25) is 0 Å². The lowest BCUT2D eigenvalue weighted by molar-refractivity contribution is -0.0828. The van der Waals surface area contributed by atoms with Crippen LogP contribution in [-0.4, -0.2) is 38.4 Å². The van der Waals surface area contributed by atoms with Gasteiger partial charge in [0, 0.05) is 38.9 Å². The number of hydrogen-bond donors (Lipinski definition) is 2. The van der Waals surface area contributed by atoms with Crippen LogP contribution in [0, 0.1) is 6.92 Å². The van der Waals surface area contributed by atoms with Gasteiger partial charge in [0.05, 0.1) is 12.1 Å². The maximum Gasteiger partial charge on any atom is 0.193 e. The number of benzene rings is 1. The van der Waals surface area contributed by atoms with Crippen LogP contribution in [0.5, 0.6) is 0 Å². The molecule has 0 atom stereocenters. The molecule has 6 heteroatoms. The molecule has 1 aliphatic rings. The third-order valence-corrected chi connectivity index (χ3v) is 3.70. The van der Waals surface area contributed by atoms with Crippen molar-refractivity contribution in [3.8, 4) is 0 Å². The predicted octanol–water partition coefficient (Wildman–Crippen LogP) is 2.54. The van der Waals surface area contributed by atoms with Crippen LogP contribution in [0.2, 0.25) is 0 Å². The molecule has 1 fully saturated rings. The first-order valence-corrected chi connectivity index (χ1v) is 6.90. The molecule has 0 aromatic heterocycles. The molecule has 118 valence electrons. The summed E-state index contributed by atoms with van der Waals surface area (Å²) in [5.41, 5.74) is 7.84. The van der Waals surface area contributed by atoms with Crippen molar-refractivity contribution in [3.63, 3.8) is 0 Å². The van der Waals surface area contributed by atoms with Gasteiger partial charge in [-0.05, 0) is 19.1 Å². The molecule has 0 spiro atoms. The summed E-state index contributed by atoms with van der Waals surface area (Å²) in [6, 6.07) is 8.03. The standard InChI is InChI=1S/C15H23N3O2.HI/c1-12-3-5-13(6-4-12)18-14(16)17-11-15(19-2)7-9-20-10-8-15;/h3-6H,7-11H2,1-2H3,(H3,16,17,18);1H. The van der Waals surface area contributed by atoms with Gasteiger partial charge in [-0.3, -0.25) is 4.99 Å². The highest BCUT2D eigenvalue weighted by Crippen LogP contribution is 2.24. The summed E-state index contributed by atoms with van der Waals surface area (Å²) < 4.78 is 11.0. The minimum Gasteiger partial charge on any atom is -0.381 e. The van der Waals surface area contributed by atoms with Gasteiger partial charge in [-0.25, -0.2) is 0 Å². The third kappa shape index (κ3) is 5.44. The Morgan fingerprint density at radius 1 is 1.33 bits per heavy atom. The Labute approximate surface area is 143 Å². The number of nitrogens with two attached hydrogens (primary N) is 1. The summed E-state index contributed by atoms with van der Waals surface area (Å²) in [6.07, 6.45) is 1.70. The molecule has 1 aliphatic heterocycles. The number of rotatable bonds is 4. The van der Waals surface area contributed by atoms with Crippen LogP contribution >= 0.6 is 24.0 Å². The number of methoxy groups -OCH3 is 1. The van der Waals surface area contributed by atoms with E-state index in [1.807, 2.05) is 24.3 Å². The fourth-order valence-corrected chi connectivity index (χ4v) is 2.22. The molecule has 21 heavy (non-hydrogen) atoms. The van der Waals surface area contributed by atoms with Crippen molar-refractivity contribution in [2.24, 2.45) is 10.7 Å². The number of anilines is 1. The number of aliphatic imine (C=N–C) groups is 1. The van der Waals surface area contributed by atoms with Crippen LogP contribution in [0.4, 0.5) is 5.69 Å². The molecule has 0 saturated carbocycles. The zero-order valence-corrected chi connectivity index (χ0v) is 14.9. The van der Waals surface area contributed by atoms with E-state index in [1.165, 1.54) is 5.56 Å². The van der Waals surface area contributed by atoms with E-state index in [4.69, 9.17) is 15.2 Å². The Kier molecular flexibility index (Phi) is 7.41. The highest BCUT2D eigenvalue weighted by molar-refractivity contribution is 14.0. The van der Waals surface area contributed by atoms with Gasteiger partial charge < -0.3 is 20.5 Å². The molecule has 0 radical (unpaired) electrons. The van der Waals surface area contributed by atoms with Gasteiger partial charge in [0.1, 0.15) is 0 Å². The van der Waals surface area contributed by atoms with Crippen LogP contribution in [0.1, 0.15) is 18.4 Å². The maximum absolute atomic E-state index is 5.93. The van der Waals surface area contributed by atoms with Gasteiger partial charge in [0.15, 0.2) is 5.96 Å². The van der Waals surface area contributed by atoms with Gasteiger partial charge in [-0.15, -0.1) is 24.0 Å². The van der Waals surface area contributed by atoms with E-state index in [0.29, 0.717) is 25.7 Å². The van der Waals surface area contributed by atoms with Crippen molar-refractivity contribution in [1.29, 1.82) is 0 Å². The highest BCUT2D eigenvalue weighted by Gasteiger charge is 2.32. The van der Waals surface area contributed by atoms with Crippen molar-refractivity contribution in [2.45, 2.75) is 25.4 Å². The number of nitrogens with zero attached hydrogens (tertiary/aromatic N) is 1. The summed E-state index contributed by atoms with van der Waals surface area (Å²) in [5.74, 6) is 0.414. The van der Waals surface area contributed by atoms with Crippen LogP contribution in [-0.2, 0) is 9.47 Å². The van der Waals surface area contributed by atoms with E-state index in [2.05, 4.69) is 17.2 Å². The van der Waals surface area contributed by atoms with Crippen molar-refractivity contribution in [1.82, 2.24) is 0 Å². The molecular formula is C15H24IN3O2. The maximum atomic E-state index is 5.93. The molecule has 0 aliphatic carbocycles. The van der Waals surface area contributed by atoms with Crippen LogP contribution < -0.4 is 11.1 Å². The minimum absolute atomic E-state index is 0. The van der Waals surface area contributed by atoms with E-state index >= 15 is 0 Å². The first-order chi connectivity index (χ1) is 9.63. The lowest BCUT2D eigenvalue weighted by atomic mass is 9.94. The van der Waals surface area contributed by atoms with Gasteiger partial charge in [-0.2, -0.15) is 0 Å². The summed E-state index contributed by atoms with van der Waals surface area (Å²) >= 11 is 0. The summed E-state index contributed by atoms with van der Waals surface area (Å²) in [7, 11) is 1.73. The number of aryl methyl sites for hydroxylation is 1. The SMILES string of the molecule is COC1(CN=C(N)Nc2ccc(C)cc2)CCOCC1.I. The van der Waals surface area contributed by atoms with Gasteiger partial charge >= 0.3 is 0 Å². The second kappa shape index (κ2) is 8.55. The predicted molar refractivity (Wildman–Crippen MR) is 96.5 cm³/mol. The van der Waals surface area contributed by atoms with Crippen molar-refractivity contribution < 1.29 is 9.47 Å². The summed E-state index contributed by atoms with van der Waals surface area (Å²) in [5, 5.41) is 3.09. The summed E-state index contributed by atoms with van der Waals surface area (Å²) in [6.45, 7) is 4.04. The molecule has 5 nitrogen and oxygen atoms in total. The first kappa shape index (κ1) is 18.2. The quantitative estimate of drug-likeness (QED) is 0.459. The Bertz CT molecular complexity index is 456. The van der Waals surface area contributed by atoms with E-state index < -0.39 is 0 Å². The molecule has 1 aromatic rings. The molecule has 0 amide bonds. The average Bonchev–Trinajstić information content (AvgIpc) is 2.49. The third-order valence-electron chi connectivity index (χ3n) is 3.70. The van der Waals surface area contributed by atoms with Crippen molar-refractivity contribution in [2.75, 3.05) is 32.2 Å². The fraction of sp³-hybridized carbons (Fsp3) is 0.533. The van der Waals surface area contributed by atoms with Crippen LogP contribution in [0.25, 0.3) is 0 Å². The van der Waals surface area contributed by atoms with E-state index in [0.717, 1.165) is 18.5 Å². The monoisotopic (exact) mass is 405 g/mol. The highest BCUT2D eigenvalue weighted by atomic mass is 127. The van der Waals surface area contributed by atoms with E-state index in [9.17, 15) is 0 Å². The zero-order valence-electron chi connectivity index (χ0n) is 12.6. The number of hydrogen-bond acceptors (Lipinski definition) is 3. The van der Waals surface area contributed by atoms with Gasteiger partial charge in [0.25, 0.3) is 0 Å². The Hall–Kier alpha value is -0.860. The lowest BCUT2D eigenvalue weighted by Crippen LogP contribution is -2.42. The van der Waals surface area contributed by atoms with E-state index in [-0.39, 0.29) is 29.6 Å². The van der Waals surface area contributed by atoms with Crippen molar-refractivity contribution in [3.05, 3.63) is 29.8 Å². The first-order valence-electron chi connectivity index (χ1n) is 6.90. The topological polar surface area (TPSA) is 68.9 Å². The molecule has 2 rings (SSSR count). The Morgan fingerprint density at radius 2 is 1.95 bits per heavy atom. The smallest absolute Gasteiger partial charge is 0.193 e. The van der Waals surface area contributed by atoms with Gasteiger partial charge in [-0.1, -0.05) is 17.7 Å². The van der Waals surface area contributed by atoms with Crippen molar-refractivity contribution >= 4 is 35.6 Å². The second-order valence-electron chi connectivity index (χ2n) is 5.19. The number of halogens is 1. The number of ether oxygens (including phenoxy) is 2. The minimum atomic E-state index is -0.238. The average molecular weight is 405 g/mol. The lowest BCUT2D eigenvalue weighted by Gasteiger charge is -2.34. The van der Waals surface area contributed by atoms with Crippen LogP contribution in [0.3, 0.4) is 0 Å². The second-order valence-corrected chi connectivity index (χ2v) is 5.19. The Morgan fingerprint density at radius 3 is 2.52 bits per heavy atom. The molecule has 1 heterocycles. The molecule has 0 unspecified atom stereocenters. The largest absolute Gasteiger partial charge is 0.381 e. The molecule has 3 N–H and O–H groups in total. The normalized spacial score (nSPS) is 17.9. The van der Waals surface area contributed by atoms with E-state index in [1.54, 1.807) is 7.11 Å². The molecule has 0 bridgehead atoms. The molecular weight excluding hydrogens is 381 g/mol. The fourth-order valence-electron chi connectivity index (χ4n) is 2.22. The molecule has 1 aromatic carbocycles.